The fourth-order valence-electron chi connectivity index (χ4n) is 3.34. The summed E-state index contributed by atoms with van der Waals surface area (Å²) in [7, 11) is 0. The van der Waals surface area contributed by atoms with E-state index in [2.05, 4.69) is 11.0 Å². The number of allylic oxidation sites excluding steroid dienone is 2. The Kier molecular flexibility index (Phi) is 5.79. The van der Waals surface area contributed by atoms with Crippen molar-refractivity contribution in [1.82, 2.24) is 9.80 Å². The van der Waals surface area contributed by atoms with Crippen molar-refractivity contribution in [3.05, 3.63) is 11.8 Å². The predicted molar refractivity (Wildman–Crippen MR) is 80.7 cm³/mol. The van der Waals surface area contributed by atoms with Crippen molar-refractivity contribution >= 4 is 11.9 Å². The molecule has 0 spiro atoms. The Morgan fingerprint density at radius 3 is 2.90 bits per heavy atom. The molecule has 5 nitrogen and oxygen atoms in total. The Morgan fingerprint density at radius 2 is 2.29 bits per heavy atom. The van der Waals surface area contributed by atoms with Gasteiger partial charge in [-0.2, -0.15) is 0 Å². The predicted octanol–water partition coefficient (Wildman–Crippen LogP) is 2.09. The smallest absolute Gasteiger partial charge is 0.303 e. The number of hydrogen-bond acceptors (Lipinski definition) is 3. The van der Waals surface area contributed by atoms with Crippen LogP contribution in [-0.4, -0.2) is 53.0 Å². The van der Waals surface area contributed by atoms with Gasteiger partial charge in [-0.1, -0.05) is 6.08 Å². The highest BCUT2D eigenvalue weighted by Crippen LogP contribution is 2.23. The van der Waals surface area contributed by atoms with Crippen LogP contribution in [-0.2, 0) is 9.59 Å². The van der Waals surface area contributed by atoms with Gasteiger partial charge in [-0.3, -0.25) is 14.5 Å². The summed E-state index contributed by atoms with van der Waals surface area (Å²) < 4.78 is 0. The van der Waals surface area contributed by atoms with E-state index in [0.29, 0.717) is 12.5 Å². The van der Waals surface area contributed by atoms with Gasteiger partial charge in [0.2, 0.25) is 5.91 Å². The van der Waals surface area contributed by atoms with Crippen LogP contribution in [0.3, 0.4) is 0 Å². The van der Waals surface area contributed by atoms with Gasteiger partial charge in [-0.15, -0.1) is 0 Å². The van der Waals surface area contributed by atoms with E-state index in [-0.39, 0.29) is 12.3 Å². The van der Waals surface area contributed by atoms with Crippen molar-refractivity contribution in [2.45, 2.75) is 45.4 Å². The lowest BCUT2D eigenvalue weighted by molar-refractivity contribution is -0.137. The standard InChI is InChI=1S/C16H26N2O3/c1-2-18(14-5-3-4-6-14)15(19)12-17-10-9-13(11-17)7-8-16(20)21/h5,13H,2-4,6-12H2,1H3,(H,20,21). The van der Waals surface area contributed by atoms with E-state index in [1.807, 2.05) is 11.8 Å². The summed E-state index contributed by atoms with van der Waals surface area (Å²) in [5.41, 5.74) is 1.18. The van der Waals surface area contributed by atoms with Crippen LogP contribution in [0.15, 0.2) is 11.8 Å². The Morgan fingerprint density at radius 1 is 1.48 bits per heavy atom. The summed E-state index contributed by atoms with van der Waals surface area (Å²) in [4.78, 5) is 27.1. The molecule has 1 heterocycles. The molecule has 0 radical (unpaired) electrons. The van der Waals surface area contributed by atoms with Crippen LogP contribution in [0.5, 0.6) is 0 Å². The van der Waals surface area contributed by atoms with E-state index in [1.165, 1.54) is 5.70 Å². The number of likely N-dealkylation sites (tertiary alicyclic amines) is 1. The van der Waals surface area contributed by atoms with E-state index in [4.69, 9.17) is 5.11 Å². The maximum Gasteiger partial charge on any atom is 0.303 e. The van der Waals surface area contributed by atoms with E-state index >= 15 is 0 Å². The van der Waals surface area contributed by atoms with E-state index in [1.54, 1.807) is 0 Å². The fraction of sp³-hybridized carbons (Fsp3) is 0.750. The van der Waals surface area contributed by atoms with Crippen molar-refractivity contribution in [1.29, 1.82) is 0 Å². The first-order valence-electron chi connectivity index (χ1n) is 8.03. The lowest BCUT2D eigenvalue weighted by Crippen LogP contribution is -2.38. The van der Waals surface area contributed by atoms with Crippen LogP contribution < -0.4 is 0 Å². The summed E-state index contributed by atoms with van der Waals surface area (Å²) in [5.74, 6) is -0.117. The van der Waals surface area contributed by atoms with Crippen molar-refractivity contribution < 1.29 is 14.7 Å². The Labute approximate surface area is 126 Å². The lowest BCUT2D eigenvalue weighted by atomic mass is 10.0. The minimum Gasteiger partial charge on any atom is -0.481 e. The molecule has 1 N–H and O–H groups in total. The zero-order valence-electron chi connectivity index (χ0n) is 12.9. The molecule has 5 heteroatoms. The SMILES string of the molecule is CCN(C(=O)CN1CCC(CCC(=O)O)C1)C1=CCCC1. The van der Waals surface area contributed by atoms with Crippen molar-refractivity contribution in [3.63, 3.8) is 0 Å². The first-order valence-corrected chi connectivity index (χ1v) is 8.03. The molecule has 21 heavy (non-hydrogen) atoms. The summed E-state index contributed by atoms with van der Waals surface area (Å²) in [5, 5.41) is 8.73. The molecule has 0 aromatic rings. The molecule has 0 aromatic heterocycles. The van der Waals surface area contributed by atoms with Crippen LogP contribution in [0.25, 0.3) is 0 Å². The van der Waals surface area contributed by atoms with Gasteiger partial charge >= 0.3 is 5.97 Å². The van der Waals surface area contributed by atoms with Crippen molar-refractivity contribution in [2.24, 2.45) is 5.92 Å². The maximum absolute atomic E-state index is 12.4. The third-order valence-corrected chi connectivity index (χ3v) is 4.48. The number of likely N-dealkylation sites (N-methyl/N-ethyl adjacent to an activating group) is 1. The molecule has 1 aliphatic carbocycles. The first-order chi connectivity index (χ1) is 10.1. The summed E-state index contributed by atoms with van der Waals surface area (Å²) in [6.45, 7) is 4.99. The van der Waals surface area contributed by atoms with Gasteiger partial charge in [0.25, 0.3) is 0 Å². The van der Waals surface area contributed by atoms with Gasteiger partial charge in [0, 0.05) is 25.2 Å². The third kappa shape index (κ3) is 4.56. The minimum atomic E-state index is -0.727. The molecule has 0 saturated carbocycles. The Hall–Kier alpha value is -1.36. The van der Waals surface area contributed by atoms with E-state index in [0.717, 1.165) is 51.7 Å². The molecule has 1 fully saturated rings. The number of nitrogens with zero attached hydrogens (tertiary/aromatic N) is 2. The average Bonchev–Trinajstić information content (AvgIpc) is 3.09. The molecule has 1 atom stereocenters. The maximum atomic E-state index is 12.4. The number of carbonyl (C=O) groups is 2. The van der Waals surface area contributed by atoms with Gasteiger partial charge in [-0.05, 0) is 51.5 Å². The number of carboxylic acid groups (broad SMARTS) is 1. The number of rotatable bonds is 7. The molecular formula is C16H26N2O3. The molecule has 1 aliphatic heterocycles. The van der Waals surface area contributed by atoms with Crippen LogP contribution in [0.2, 0.25) is 0 Å². The van der Waals surface area contributed by atoms with E-state index in [9.17, 15) is 9.59 Å². The second kappa shape index (κ2) is 7.59. The topological polar surface area (TPSA) is 60.9 Å². The summed E-state index contributed by atoms with van der Waals surface area (Å²) >= 11 is 0. The number of amides is 1. The van der Waals surface area contributed by atoms with Crippen LogP contribution >= 0.6 is 0 Å². The molecule has 0 aromatic carbocycles. The molecule has 118 valence electrons. The molecular weight excluding hydrogens is 268 g/mol. The summed E-state index contributed by atoms with van der Waals surface area (Å²) in [6, 6.07) is 0. The average molecular weight is 294 g/mol. The van der Waals surface area contributed by atoms with Gasteiger partial charge < -0.3 is 10.0 Å². The number of aliphatic carboxylic acids is 1. The fourth-order valence-corrected chi connectivity index (χ4v) is 3.34. The number of hydrogen-bond donors (Lipinski definition) is 1. The van der Waals surface area contributed by atoms with Gasteiger partial charge in [0.1, 0.15) is 0 Å². The normalized spacial score (nSPS) is 22.3. The largest absolute Gasteiger partial charge is 0.481 e. The summed E-state index contributed by atoms with van der Waals surface area (Å²) in [6.07, 6.45) is 7.40. The van der Waals surface area contributed by atoms with Gasteiger partial charge in [-0.25, -0.2) is 0 Å². The highest BCUT2D eigenvalue weighted by molar-refractivity contribution is 5.80. The number of carboxylic acids is 1. The van der Waals surface area contributed by atoms with E-state index < -0.39 is 5.97 Å². The third-order valence-electron chi connectivity index (χ3n) is 4.48. The highest BCUT2D eigenvalue weighted by Gasteiger charge is 2.27. The second-order valence-electron chi connectivity index (χ2n) is 6.05. The molecule has 2 aliphatic rings. The molecule has 1 saturated heterocycles. The van der Waals surface area contributed by atoms with Gasteiger partial charge in [0.15, 0.2) is 0 Å². The Bertz CT molecular complexity index is 420. The van der Waals surface area contributed by atoms with Crippen LogP contribution in [0.1, 0.15) is 45.4 Å². The minimum absolute atomic E-state index is 0.185. The second-order valence-corrected chi connectivity index (χ2v) is 6.05. The zero-order chi connectivity index (χ0) is 15.2. The zero-order valence-corrected chi connectivity index (χ0v) is 12.9. The molecule has 1 unspecified atom stereocenters. The van der Waals surface area contributed by atoms with Crippen LogP contribution in [0.4, 0.5) is 0 Å². The Balaban J connectivity index is 1.79. The lowest BCUT2D eigenvalue weighted by Gasteiger charge is -2.25. The highest BCUT2D eigenvalue weighted by atomic mass is 16.4. The monoisotopic (exact) mass is 294 g/mol. The molecule has 2 rings (SSSR count). The van der Waals surface area contributed by atoms with Crippen molar-refractivity contribution in [2.75, 3.05) is 26.2 Å². The van der Waals surface area contributed by atoms with Crippen LogP contribution in [0, 0.1) is 5.92 Å². The first kappa shape index (κ1) is 16.0. The van der Waals surface area contributed by atoms with Gasteiger partial charge in [0.05, 0.1) is 6.54 Å². The quantitative estimate of drug-likeness (QED) is 0.781. The van der Waals surface area contributed by atoms with Crippen molar-refractivity contribution in [3.8, 4) is 0 Å². The molecule has 1 amide bonds. The molecule has 0 bridgehead atoms. The number of carbonyl (C=O) groups excluding carboxylic acids is 1.